The molecule has 0 bridgehead atoms. The number of hydrogen-bond acceptors (Lipinski definition) is 1. The van der Waals surface area contributed by atoms with Crippen LogP contribution in [0, 0.1) is 0 Å². The fraction of sp³-hybridized carbons (Fsp3) is 0.250. The molecule has 0 heterocycles. The van der Waals surface area contributed by atoms with E-state index in [0.717, 1.165) is 15.2 Å². The fourth-order valence-corrected chi connectivity index (χ4v) is 1.25. The highest BCUT2D eigenvalue weighted by Crippen LogP contribution is 2.26. The van der Waals surface area contributed by atoms with Gasteiger partial charge in [0.2, 0.25) is 0 Å². The average molecular weight is 235 g/mol. The Balaban J connectivity index is 3.05. The van der Waals surface area contributed by atoms with E-state index in [1.54, 1.807) is 0 Å². The summed E-state index contributed by atoms with van der Waals surface area (Å²) in [5.41, 5.74) is 1.14. The van der Waals surface area contributed by atoms with Crippen molar-refractivity contribution in [2.45, 2.75) is 0 Å². The predicted molar refractivity (Wildman–Crippen MR) is 53.5 cm³/mol. The molecule has 0 aliphatic rings. The molecule has 11 heavy (non-hydrogen) atoms. The van der Waals surface area contributed by atoms with E-state index in [4.69, 9.17) is 11.6 Å². The molecule has 0 amide bonds. The van der Waals surface area contributed by atoms with Gasteiger partial charge in [0.05, 0.1) is 5.02 Å². The number of benzene rings is 1. The van der Waals surface area contributed by atoms with E-state index < -0.39 is 0 Å². The van der Waals surface area contributed by atoms with E-state index in [-0.39, 0.29) is 0 Å². The third-order valence-electron chi connectivity index (χ3n) is 1.42. The Kier molecular flexibility index (Phi) is 2.79. The summed E-state index contributed by atoms with van der Waals surface area (Å²) < 4.78 is 0.936. The Morgan fingerprint density at radius 3 is 2.45 bits per heavy atom. The molecule has 0 unspecified atom stereocenters. The standard InChI is InChI=1S/C8H9BrClN/c1-11(2)6-3-4-8(10)7(9)5-6/h3-5H,1-2H3. The van der Waals surface area contributed by atoms with Gasteiger partial charge >= 0.3 is 0 Å². The molecule has 0 atom stereocenters. The van der Waals surface area contributed by atoms with Crippen molar-refractivity contribution in [2.75, 3.05) is 19.0 Å². The third kappa shape index (κ3) is 2.11. The molecule has 1 aromatic carbocycles. The van der Waals surface area contributed by atoms with Crippen LogP contribution in [0.5, 0.6) is 0 Å². The van der Waals surface area contributed by atoms with Crippen molar-refractivity contribution >= 4 is 33.2 Å². The minimum Gasteiger partial charge on any atom is -0.378 e. The largest absolute Gasteiger partial charge is 0.378 e. The molecule has 0 radical (unpaired) electrons. The molecule has 1 nitrogen and oxygen atoms in total. The van der Waals surface area contributed by atoms with Crippen molar-refractivity contribution < 1.29 is 0 Å². The molecule has 0 fully saturated rings. The normalized spacial score (nSPS) is 9.82. The quantitative estimate of drug-likeness (QED) is 0.721. The lowest BCUT2D eigenvalue weighted by molar-refractivity contribution is 1.13. The van der Waals surface area contributed by atoms with Gasteiger partial charge in [0.15, 0.2) is 0 Å². The molecule has 1 rings (SSSR count). The second-order valence-electron chi connectivity index (χ2n) is 2.49. The molecule has 0 N–H and O–H groups in total. The molecular weight excluding hydrogens is 225 g/mol. The van der Waals surface area contributed by atoms with Gasteiger partial charge in [0, 0.05) is 24.3 Å². The van der Waals surface area contributed by atoms with Crippen LogP contribution in [0.4, 0.5) is 5.69 Å². The van der Waals surface area contributed by atoms with Gasteiger partial charge in [-0.2, -0.15) is 0 Å². The van der Waals surface area contributed by atoms with Crippen molar-refractivity contribution in [1.29, 1.82) is 0 Å². The monoisotopic (exact) mass is 233 g/mol. The Morgan fingerprint density at radius 1 is 1.36 bits per heavy atom. The summed E-state index contributed by atoms with van der Waals surface area (Å²) in [5, 5.41) is 0.746. The maximum Gasteiger partial charge on any atom is 0.0549 e. The van der Waals surface area contributed by atoms with Crippen LogP contribution in [0.2, 0.25) is 5.02 Å². The van der Waals surface area contributed by atoms with Crippen LogP contribution >= 0.6 is 27.5 Å². The van der Waals surface area contributed by atoms with Crippen LogP contribution < -0.4 is 4.90 Å². The van der Waals surface area contributed by atoms with Crippen molar-refractivity contribution in [1.82, 2.24) is 0 Å². The smallest absolute Gasteiger partial charge is 0.0549 e. The van der Waals surface area contributed by atoms with E-state index in [1.807, 2.05) is 37.2 Å². The summed E-state index contributed by atoms with van der Waals surface area (Å²) in [7, 11) is 3.99. The summed E-state index contributed by atoms with van der Waals surface area (Å²) in [6.07, 6.45) is 0. The van der Waals surface area contributed by atoms with Crippen LogP contribution in [0.1, 0.15) is 0 Å². The van der Waals surface area contributed by atoms with Gasteiger partial charge in [-0.15, -0.1) is 0 Å². The van der Waals surface area contributed by atoms with Gasteiger partial charge in [0.1, 0.15) is 0 Å². The van der Waals surface area contributed by atoms with Gasteiger partial charge in [0.25, 0.3) is 0 Å². The minimum absolute atomic E-state index is 0.746. The van der Waals surface area contributed by atoms with Gasteiger partial charge in [-0.05, 0) is 34.1 Å². The lowest BCUT2D eigenvalue weighted by Crippen LogP contribution is -2.08. The maximum atomic E-state index is 5.82. The molecular formula is C8H9BrClN. The van der Waals surface area contributed by atoms with E-state index in [9.17, 15) is 0 Å². The zero-order valence-electron chi connectivity index (χ0n) is 6.44. The zero-order chi connectivity index (χ0) is 8.43. The lowest BCUT2D eigenvalue weighted by atomic mass is 10.3. The summed E-state index contributed by atoms with van der Waals surface area (Å²) in [5.74, 6) is 0. The second kappa shape index (κ2) is 3.46. The first-order valence-electron chi connectivity index (χ1n) is 3.23. The van der Waals surface area contributed by atoms with Crippen LogP contribution in [0.25, 0.3) is 0 Å². The Bertz CT molecular complexity index is 260. The number of rotatable bonds is 1. The Labute approximate surface area is 80.1 Å². The van der Waals surface area contributed by atoms with Crippen LogP contribution in [0.3, 0.4) is 0 Å². The third-order valence-corrected chi connectivity index (χ3v) is 2.63. The van der Waals surface area contributed by atoms with Gasteiger partial charge in [-0.3, -0.25) is 0 Å². The highest BCUT2D eigenvalue weighted by Gasteiger charge is 1.98. The number of anilines is 1. The number of halogens is 2. The van der Waals surface area contributed by atoms with Crippen molar-refractivity contribution in [3.63, 3.8) is 0 Å². The van der Waals surface area contributed by atoms with Crippen LogP contribution in [-0.4, -0.2) is 14.1 Å². The summed E-state index contributed by atoms with van der Waals surface area (Å²) in [4.78, 5) is 2.03. The van der Waals surface area contributed by atoms with Gasteiger partial charge in [-0.25, -0.2) is 0 Å². The summed E-state index contributed by atoms with van der Waals surface area (Å²) >= 11 is 9.18. The SMILES string of the molecule is CN(C)c1ccc(Cl)c(Br)c1. The molecule has 3 heteroatoms. The van der Waals surface area contributed by atoms with E-state index in [0.29, 0.717) is 0 Å². The molecule has 0 saturated carbocycles. The first kappa shape index (κ1) is 8.88. The van der Waals surface area contributed by atoms with E-state index in [2.05, 4.69) is 15.9 Å². The molecule has 0 saturated heterocycles. The average Bonchev–Trinajstić information content (AvgIpc) is 1.94. The van der Waals surface area contributed by atoms with Crippen molar-refractivity contribution in [3.05, 3.63) is 27.7 Å². The van der Waals surface area contributed by atoms with Crippen molar-refractivity contribution in [3.8, 4) is 0 Å². The predicted octanol–water partition coefficient (Wildman–Crippen LogP) is 3.17. The Morgan fingerprint density at radius 2 is 2.00 bits per heavy atom. The zero-order valence-corrected chi connectivity index (χ0v) is 8.78. The van der Waals surface area contributed by atoms with Gasteiger partial charge in [-0.1, -0.05) is 11.6 Å². The first-order valence-corrected chi connectivity index (χ1v) is 4.40. The number of hydrogen-bond donors (Lipinski definition) is 0. The molecule has 0 spiro atoms. The van der Waals surface area contributed by atoms with Crippen LogP contribution in [-0.2, 0) is 0 Å². The number of nitrogens with zero attached hydrogens (tertiary/aromatic N) is 1. The molecule has 0 aliphatic carbocycles. The molecule has 0 aromatic heterocycles. The highest BCUT2D eigenvalue weighted by atomic mass is 79.9. The fourth-order valence-electron chi connectivity index (χ4n) is 0.763. The topological polar surface area (TPSA) is 3.24 Å². The van der Waals surface area contributed by atoms with Crippen molar-refractivity contribution in [2.24, 2.45) is 0 Å². The first-order chi connectivity index (χ1) is 5.11. The molecule has 60 valence electrons. The van der Waals surface area contributed by atoms with Gasteiger partial charge < -0.3 is 4.90 Å². The maximum absolute atomic E-state index is 5.82. The highest BCUT2D eigenvalue weighted by molar-refractivity contribution is 9.10. The minimum atomic E-state index is 0.746. The Hall–Kier alpha value is -0.210. The molecule has 0 aliphatic heterocycles. The summed E-state index contributed by atoms with van der Waals surface area (Å²) in [6.45, 7) is 0. The second-order valence-corrected chi connectivity index (χ2v) is 3.75. The molecule has 1 aromatic rings. The summed E-state index contributed by atoms with van der Waals surface area (Å²) in [6, 6.07) is 5.84. The van der Waals surface area contributed by atoms with E-state index >= 15 is 0 Å². The lowest BCUT2D eigenvalue weighted by Gasteiger charge is -2.12. The van der Waals surface area contributed by atoms with Crippen LogP contribution in [0.15, 0.2) is 22.7 Å². The van der Waals surface area contributed by atoms with E-state index in [1.165, 1.54) is 0 Å².